The molecular weight excluding hydrogens is 348 g/mol. The van der Waals surface area contributed by atoms with Gasteiger partial charge in [0.2, 0.25) is 0 Å². The summed E-state index contributed by atoms with van der Waals surface area (Å²) >= 11 is 0. The summed E-state index contributed by atoms with van der Waals surface area (Å²) < 4.78 is 0. The van der Waals surface area contributed by atoms with Crippen molar-refractivity contribution in [2.75, 3.05) is 0 Å². The molecule has 6 rings (SSSR count). The lowest BCUT2D eigenvalue weighted by atomic mass is 9.83. The van der Waals surface area contributed by atoms with Crippen molar-refractivity contribution in [3.05, 3.63) is 89.5 Å². The Morgan fingerprint density at radius 1 is 0.655 bits per heavy atom. The largest absolute Gasteiger partial charge is 0.0621 e. The molecular formula is C29H26. The maximum absolute atomic E-state index is 2.55. The Bertz CT molecular complexity index is 1200. The Hall–Kier alpha value is -2.86. The van der Waals surface area contributed by atoms with Gasteiger partial charge in [0.1, 0.15) is 0 Å². The van der Waals surface area contributed by atoms with Gasteiger partial charge >= 0.3 is 0 Å². The predicted molar refractivity (Wildman–Crippen MR) is 125 cm³/mol. The maximum atomic E-state index is 2.55. The van der Waals surface area contributed by atoms with E-state index in [4.69, 9.17) is 0 Å². The summed E-state index contributed by atoms with van der Waals surface area (Å²) in [6, 6.07) is 27.0. The maximum Gasteiger partial charge on any atom is -0.00207 e. The Morgan fingerprint density at radius 3 is 2.07 bits per heavy atom. The molecule has 0 saturated heterocycles. The van der Waals surface area contributed by atoms with Gasteiger partial charge in [-0.3, -0.25) is 0 Å². The average molecular weight is 375 g/mol. The van der Waals surface area contributed by atoms with E-state index in [0.717, 1.165) is 12.3 Å². The van der Waals surface area contributed by atoms with Crippen LogP contribution in [0.1, 0.15) is 43.2 Å². The first-order chi connectivity index (χ1) is 14.4. The van der Waals surface area contributed by atoms with Crippen LogP contribution in [0.4, 0.5) is 0 Å². The summed E-state index contributed by atoms with van der Waals surface area (Å²) in [5, 5.41) is 5.37. The van der Waals surface area contributed by atoms with Crippen LogP contribution in [0.2, 0.25) is 0 Å². The molecule has 0 unspecified atom stereocenters. The monoisotopic (exact) mass is 374 g/mol. The SMILES string of the molecule is C1=C(C2CCCCC2)Cc2cccc(-c3c4ccccc4cc4ccccc34)c21. The third-order valence-electron chi connectivity index (χ3n) is 7.09. The highest BCUT2D eigenvalue weighted by molar-refractivity contribution is 6.13. The van der Waals surface area contributed by atoms with Gasteiger partial charge < -0.3 is 0 Å². The number of benzene rings is 4. The van der Waals surface area contributed by atoms with Crippen molar-refractivity contribution in [2.45, 2.75) is 38.5 Å². The second-order valence-corrected chi connectivity index (χ2v) is 8.80. The van der Waals surface area contributed by atoms with Crippen molar-refractivity contribution in [2.24, 2.45) is 5.92 Å². The number of fused-ring (bicyclic) bond motifs is 3. The molecule has 0 amide bonds. The minimum atomic E-state index is 0.799. The van der Waals surface area contributed by atoms with E-state index in [2.05, 4.69) is 78.9 Å². The minimum Gasteiger partial charge on any atom is -0.0621 e. The summed E-state index contributed by atoms with van der Waals surface area (Å²) in [7, 11) is 0. The van der Waals surface area contributed by atoms with Crippen molar-refractivity contribution >= 4 is 27.6 Å². The number of hydrogen-bond donors (Lipinski definition) is 0. The van der Waals surface area contributed by atoms with Crippen LogP contribution in [-0.2, 0) is 6.42 Å². The van der Waals surface area contributed by atoms with Crippen molar-refractivity contribution < 1.29 is 0 Å². The molecule has 2 aliphatic rings. The zero-order valence-electron chi connectivity index (χ0n) is 16.8. The second-order valence-electron chi connectivity index (χ2n) is 8.80. The van der Waals surface area contributed by atoms with Gasteiger partial charge in [0.15, 0.2) is 0 Å². The molecule has 29 heavy (non-hydrogen) atoms. The van der Waals surface area contributed by atoms with E-state index in [1.54, 1.807) is 5.57 Å². The molecule has 2 aliphatic carbocycles. The van der Waals surface area contributed by atoms with E-state index < -0.39 is 0 Å². The molecule has 0 heteroatoms. The van der Waals surface area contributed by atoms with Crippen molar-refractivity contribution in [1.29, 1.82) is 0 Å². The lowest BCUT2D eigenvalue weighted by Crippen LogP contribution is -2.08. The Morgan fingerprint density at radius 2 is 1.34 bits per heavy atom. The van der Waals surface area contributed by atoms with Gasteiger partial charge in [0.05, 0.1) is 0 Å². The first-order valence-corrected chi connectivity index (χ1v) is 11.1. The van der Waals surface area contributed by atoms with Crippen LogP contribution < -0.4 is 0 Å². The molecule has 0 atom stereocenters. The van der Waals surface area contributed by atoms with Gasteiger partial charge in [0.25, 0.3) is 0 Å². The van der Waals surface area contributed by atoms with E-state index in [1.807, 2.05) is 0 Å². The normalized spacial score (nSPS) is 16.9. The first kappa shape index (κ1) is 17.0. The van der Waals surface area contributed by atoms with Gasteiger partial charge in [-0.15, -0.1) is 0 Å². The van der Waals surface area contributed by atoms with Gasteiger partial charge in [0, 0.05) is 0 Å². The molecule has 1 saturated carbocycles. The van der Waals surface area contributed by atoms with E-state index in [9.17, 15) is 0 Å². The lowest BCUT2D eigenvalue weighted by molar-refractivity contribution is 0.401. The average Bonchev–Trinajstić information content (AvgIpc) is 3.23. The van der Waals surface area contributed by atoms with Crippen LogP contribution in [0.15, 0.2) is 78.4 Å². The zero-order chi connectivity index (χ0) is 19.2. The number of hydrogen-bond acceptors (Lipinski definition) is 0. The van der Waals surface area contributed by atoms with E-state index in [-0.39, 0.29) is 0 Å². The standard InChI is InChI=1S/C29H26/c1-2-9-20(10-3-1)24-18-23-13-8-16-27(28(23)19-24)29-25-14-6-4-11-21(25)17-22-12-5-7-15-26(22)29/h4-8,11-17,19-20H,1-3,9-10,18H2. The fourth-order valence-electron chi connectivity index (χ4n) is 5.65. The van der Waals surface area contributed by atoms with Crippen LogP contribution in [0.5, 0.6) is 0 Å². The quantitative estimate of drug-likeness (QED) is 0.310. The summed E-state index contributed by atoms with van der Waals surface area (Å²) in [5.74, 6) is 0.799. The molecule has 0 heterocycles. The fourth-order valence-corrected chi connectivity index (χ4v) is 5.65. The van der Waals surface area contributed by atoms with Crippen LogP contribution >= 0.6 is 0 Å². The smallest absolute Gasteiger partial charge is 0.00207 e. The summed E-state index contributed by atoms with van der Waals surface area (Å²) in [6.45, 7) is 0. The highest BCUT2D eigenvalue weighted by Crippen LogP contribution is 2.44. The molecule has 0 spiro atoms. The molecule has 4 aromatic rings. The molecule has 0 N–H and O–H groups in total. The zero-order valence-corrected chi connectivity index (χ0v) is 16.8. The third-order valence-corrected chi connectivity index (χ3v) is 7.09. The molecule has 142 valence electrons. The lowest BCUT2D eigenvalue weighted by Gasteiger charge is -2.22. The predicted octanol–water partition coefficient (Wildman–Crippen LogP) is 8.18. The van der Waals surface area contributed by atoms with Crippen molar-refractivity contribution in [1.82, 2.24) is 0 Å². The molecule has 4 aromatic carbocycles. The van der Waals surface area contributed by atoms with Crippen LogP contribution in [0.25, 0.3) is 38.7 Å². The van der Waals surface area contributed by atoms with Gasteiger partial charge in [-0.25, -0.2) is 0 Å². The van der Waals surface area contributed by atoms with E-state index >= 15 is 0 Å². The molecule has 1 fully saturated rings. The molecule has 0 aliphatic heterocycles. The number of allylic oxidation sites excluding steroid dienone is 1. The highest BCUT2D eigenvalue weighted by atomic mass is 14.3. The fraction of sp³-hybridized carbons (Fsp3) is 0.241. The summed E-state index contributed by atoms with van der Waals surface area (Å²) in [6.07, 6.45) is 10.7. The second kappa shape index (κ2) is 6.88. The molecule has 0 bridgehead atoms. The molecule has 0 nitrogen and oxygen atoms in total. The number of rotatable bonds is 2. The van der Waals surface area contributed by atoms with Crippen molar-refractivity contribution in [3.63, 3.8) is 0 Å². The van der Waals surface area contributed by atoms with Crippen LogP contribution in [0, 0.1) is 5.92 Å². The van der Waals surface area contributed by atoms with E-state index in [0.29, 0.717) is 0 Å². The summed E-state index contributed by atoms with van der Waals surface area (Å²) in [4.78, 5) is 0. The first-order valence-electron chi connectivity index (χ1n) is 11.1. The topological polar surface area (TPSA) is 0 Å². The third kappa shape index (κ3) is 2.82. The summed E-state index contributed by atoms with van der Waals surface area (Å²) in [5.41, 5.74) is 7.46. The Balaban J connectivity index is 1.60. The highest BCUT2D eigenvalue weighted by Gasteiger charge is 2.25. The Kier molecular flexibility index (Phi) is 4.04. The molecule has 0 radical (unpaired) electrons. The van der Waals surface area contributed by atoms with E-state index in [1.165, 1.54) is 75.9 Å². The molecule has 0 aromatic heterocycles. The van der Waals surface area contributed by atoms with Gasteiger partial charge in [-0.05, 0) is 75.0 Å². The van der Waals surface area contributed by atoms with Crippen LogP contribution in [0.3, 0.4) is 0 Å². The van der Waals surface area contributed by atoms with Gasteiger partial charge in [-0.2, -0.15) is 0 Å². The van der Waals surface area contributed by atoms with Crippen molar-refractivity contribution in [3.8, 4) is 11.1 Å². The Labute approximate surface area is 172 Å². The van der Waals surface area contributed by atoms with Crippen LogP contribution in [-0.4, -0.2) is 0 Å². The minimum absolute atomic E-state index is 0.799. The van der Waals surface area contributed by atoms with Gasteiger partial charge in [-0.1, -0.05) is 97.6 Å².